The summed E-state index contributed by atoms with van der Waals surface area (Å²) < 4.78 is 28.4. The van der Waals surface area contributed by atoms with Crippen LogP contribution in [-0.2, 0) is 20.4 Å². The number of amides is 1. The van der Waals surface area contributed by atoms with E-state index in [4.69, 9.17) is 5.73 Å². The van der Waals surface area contributed by atoms with E-state index in [0.717, 1.165) is 19.0 Å². The van der Waals surface area contributed by atoms with Gasteiger partial charge in [0.05, 0.1) is 0 Å². The van der Waals surface area contributed by atoms with Crippen molar-refractivity contribution in [2.45, 2.75) is 25.8 Å². The van der Waals surface area contributed by atoms with E-state index in [9.17, 15) is 13.6 Å². The number of benzene rings is 1. The quantitative estimate of drug-likeness (QED) is 0.403. The Morgan fingerprint density at radius 3 is 2.67 bits per heavy atom. The Hall–Kier alpha value is -1.74. The van der Waals surface area contributed by atoms with Crippen LogP contribution in [0.1, 0.15) is 34.3 Å². The molecule has 27 heavy (non-hydrogen) atoms. The zero-order chi connectivity index (χ0) is 18.8. The van der Waals surface area contributed by atoms with Gasteiger partial charge in [-0.2, -0.15) is 0 Å². The van der Waals surface area contributed by atoms with Gasteiger partial charge in [0, 0.05) is 20.4 Å². The van der Waals surface area contributed by atoms with E-state index >= 15 is 0 Å². The first-order chi connectivity index (χ1) is 12.3. The number of aromatic nitrogens is 1. The summed E-state index contributed by atoms with van der Waals surface area (Å²) in [5.41, 5.74) is 8.92. The Kier molecular flexibility index (Phi) is 7.16. The summed E-state index contributed by atoms with van der Waals surface area (Å²) in [6, 6.07) is 4.22. The molecule has 0 saturated heterocycles. The summed E-state index contributed by atoms with van der Waals surface area (Å²) in [7, 11) is 0. The summed E-state index contributed by atoms with van der Waals surface area (Å²) in [6.07, 6.45) is 4.47. The maximum absolute atomic E-state index is 14.1. The molecule has 0 bridgehead atoms. The van der Waals surface area contributed by atoms with Gasteiger partial charge in [-0.25, -0.2) is 0 Å². The minimum atomic E-state index is -0.685. The molecule has 0 spiro atoms. The number of hydrogen-bond donors (Lipinski definition) is 2. The molecule has 1 aliphatic rings. The first-order valence-corrected chi connectivity index (χ1v) is 8.93. The van der Waals surface area contributed by atoms with Gasteiger partial charge >= 0.3 is 158 Å². The smallest absolute Gasteiger partial charge is 0 e. The number of aryl methyl sites for hydroxylation is 1. The minimum absolute atomic E-state index is 0. The Bertz CT molecular complexity index is 903. The second-order valence-electron chi connectivity index (χ2n) is 6.13. The van der Waals surface area contributed by atoms with Crippen LogP contribution in [0.3, 0.4) is 0 Å². The van der Waals surface area contributed by atoms with Gasteiger partial charge in [0.1, 0.15) is 0 Å². The van der Waals surface area contributed by atoms with E-state index in [0.29, 0.717) is 15.6 Å². The molecule has 1 aromatic heterocycles. The molecule has 1 amide bonds. The van der Waals surface area contributed by atoms with Crippen molar-refractivity contribution < 1.29 is 34.0 Å². The molecular formula is C18H16AsF2N4ORe-. The first kappa shape index (κ1) is 21.6. The van der Waals surface area contributed by atoms with E-state index in [2.05, 4.69) is 32.5 Å². The molecule has 5 nitrogen and oxygen atoms in total. The summed E-state index contributed by atoms with van der Waals surface area (Å²) in [5, 5.41) is 5.73. The van der Waals surface area contributed by atoms with Crippen LogP contribution in [0.5, 0.6) is 0 Å². The molecule has 1 aliphatic carbocycles. The number of nitrogens with zero attached hydrogens (tertiary/aromatic N) is 1. The maximum Gasteiger partial charge on any atom is 0 e. The van der Waals surface area contributed by atoms with Crippen molar-refractivity contribution in [2.75, 3.05) is 5.32 Å². The van der Waals surface area contributed by atoms with Crippen molar-refractivity contribution in [3.63, 3.8) is 0 Å². The monoisotopic (exact) mass is 604 g/mol. The topological polar surface area (TPSA) is 77.8 Å². The van der Waals surface area contributed by atoms with E-state index in [1.807, 2.05) is 0 Å². The van der Waals surface area contributed by atoms with E-state index in [-0.39, 0.29) is 43.3 Å². The van der Waals surface area contributed by atoms with E-state index in [1.54, 1.807) is 6.92 Å². The molecule has 0 unspecified atom stereocenters. The zero-order valence-corrected chi connectivity index (χ0v) is 18.9. The number of pyridine rings is 1. The maximum atomic E-state index is 14.1. The molecule has 0 aliphatic heterocycles. The molecule has 0 atom stereocenters. The molecule has 1 heterocycles. The van der Waals surface area contributed by atoms with Crippen molar-refractivity contribution in [1.29, 1.82) is 0 Å². The van der Waals surface area contributed by atoms with Crippen LogP contribution >= 0.6 is 0 Å². The number of carbonyl (C=O) groups is 1. The summed E-state index contributed by atoms with van der Waals surface area (Å²) in [6.45, 7) is 1.71. The molecule has 3 radical (unpaired) electrons. The summed E-state index contributed by atoms with van der Waals surface area (Å²) in [5.74, 6) is -1.71. The van der Waals surface area contributed by atoms with Gasteiger partial charge in [-0.3, -0.25) is 0 Å². The second-order valence-corrected chi connectivity index (χ2v) is 7.14. The molecular weight excluding hydrogens is 587 g/mol. The Labute approximate surface area is 178 Å². The molecule has 141 valence electrons. The molecule has 9 heteroatoms. The first-order valence-electron chi connectivity index (χ1n) is 7.99. The van der Waals surface area contributed by atoms with Crippen LogP contribution in [0.2, 0.25) is 0 Å². The van der Waals surface area contributed by atoms with Gasteiger partial charge in [-0.05, 0) is 0 Å². The van der Waals surface area contributed by atoms with Gasteiger partial charge in [-0.1, -0.05) is 0 Å². The number of hydrogen-bond acceptors (Lipinski definition) is 3. The fourth-order valence-electron chi connectivity index (χ4n) is 2.34. The average molecular weight is 603 g/mol. The van der Waals surface area contributed by atoms with E-state index < -0.39 is 17.7 Å². The third-order valence-corrected chi connectivity index (χ3v) is 4.73. The Balaban J connectivity index is 0.00000261. The van der Waals surface area contributed by atoms with Gasteiger partial charge in [-0.15, -0.1) is 0 Å². The normalized spacial score (nSPS) is 13.7. The summed E-state index contributed by atoms with van der Waals surface area (Å²) >= 11 is 2.19. The van der Waals surface area contributed by atoms with Crippen molar-refractivity contribution in [3.8, 4) is 0 Å². The number of carbonyl (C=O) groups excluding carboxylic acids is 1. The second kappa shape index (κ2) is 8.97. The molecule has 1 saturated carbocycles. The Morgan fingerprint density at radius 2 is 2.00 bits per heavy atom. The molecule has 3 rings (SSSR count). The molecule has 3 N–H and O–H groups in total. The van der Waals surface area contributed by atoms with Crippen LogP contribution in [-0.4, -0.2) is 33.8 Å². The molecule has 1 fully saturated rings. The molecule has 2 aromatic rings. The zero-order valence-electron chi connectivity index (χ0n) is 14.3. The van der Waals surface area contributed by atoms with Gasteiger partial charge in [0.25, 0.3) is 0 Å². The number of halogens is 2. The predicted octanol–water partition coefficient (Wildman–Crippen LogP) is 3.82. The number of nitrogens with one attached hydrogen (secondary N) is 3. The molecule has 1 aromatic carbocycles. The van der Waals surface area contributed by atoms with Crippen LogP contribution in [0.4, 0.5) is 20.2 Å². The van der Waals surface area contributed by atoms with E-state index in [1.165, 1.54) is 24.4 Å². The van der Waals surface area contributed by atoms with Gasteiger partial charge in [0.2, 0.25) is 0 Å². The minimum Gasteiger partial charge on any atom is 0 e. The van der Waals surface area contributed by atoms with Crippen LogP contribution < -0.4 is 10.6 Å². The van der Waals surface area contributed by atoms with Crippen LogP contribution in [0.25, 0.3) is 10.1 Å². The van der Waals surface area contributed by atoms with Crippen LogP contribution in [0.15, 0.2) is 30.6 Å². The van der Waals surface area contributed by atoms with Crippen molar-refractivity contribution in [3.05, 3.63) is 64.8 Å². The standard InChI is InChI=1S/C18H16AsF2N4O.Re/c1-9-4-15(20)13(18(26)25-11-2-3-11)6-16(9)23-8-14(19)12-5-10(22)7-24-17(12)21;/h4-8,11,22-23H,2-3H2,1H3,(H,25,26);/q-1;/b14-8-;. The summed E-state index contributed by atoms with van der Waals surface area (Å²) in [4.78, 5) is 15.7. The Morgan fingerprint density at radius 1 is 1.30 bits per heavy atom. The van der Waals surface area contributed by atoms with Gasteiger partial charge < -0.3 is 0 Å². The van der Waals surface area contributed by atoms with Crippen molar-refractivity contribution in [2.24, 2.45) is 0 Å². The SMILES string of the molecule is Cc1cc(F)c(C(=O)NC2CC2)cc1N/C=C(\[As])c1cc([NH-])cnc1F.[Re]. The fraction of sp³-hybridized carbons (Fsp3) is 0.222. The number of rotatable bonds is 5. The van der Waals surface area contributed by atoms with Crippen molar-refractivity contribution >= 4 is 38.5 Å². The fourth-order valence-corrected chi connectivity index (χ4v) is 2.81. The van der Waals surface area contributed by atoms with Gasteiger partial charge in [0.15, 0.2) is 0 Å². The number of anilines is 1. The van der Waals surface area contributed by atoms with Crippen LogP contribution in [0, 0.1) is 18.7 Å². The predicted molar refractivity (Wildman–Crippen MR) is 97.2 cm³/mol. The largest absolute Gasteiger partial charge is 0 e. The third-order valence-electron chi connectivity index (χ3n) is 3.95. The average Bonchev–Trinajstić information content (AvgIpc) is 3.39. The third kappa shape index (κ3) is 5.38. The van der Waals surface area contributed by atoms with Crippen molar-refractivity contribution in [1.82, 2.24) is 10.3 Å².